The van der Waals surface area contributed by atoms with E-state index < -0.39 is 11.4 Å². The maximum absolute atomic E-state index is 11.3. The van der Waals surface area contributed by atoms with Crippen LogP contribution in [0.25, 0.3) is 0 Å². The van der Waals surface area contributed by atoms with Crippen LogP contribution < -0.4 is 14.8 Å². The van der Waals surface area contributed by atoms with Gasteiger partial charge < -0.3 is 19.9 Å². The average Bonchev–Trinajstić information content (AvgIpc) is 3.47. The van der Waals surface area contributed by atoms with Crippen molar-refractivity contribution in [3.63, 3.8) is 0 Å². The second kappa shape index (κ2) is 7.82. The van der Waals surface area contributed by atoms with Crippen molar-refractivity contribution in [1.82, 2.24) is 5.32 Å². The largest absolute Gasteiger partial charge is 0.492 e. The summed E-state index contributed by atoms with van der Waals surface area (Å²) in [7, 11) is 0. The molecule has 0 bridgehead atoms. The lowest BCUT2D eigenvalue weighted by molar-refractivity contribution is -0.143. The Morgan fingerprint density at radius 1 is 1.25 bits per heavy atom. The summed E-state index contributed by atoms with van der Waals surface area (Å²) in [5, 5.41) is 13.8. The van der Waals surface area contributed by atoms with Gasteiger partial charge in [0.2, 0.25) is 0 Å². The molecule has 5 nitrogen and oxygen atoms in total. The normalized spacial score (nSPS) is 19.4. The van der Waals surface area contributed by atoms with Crippen LogP contribution in [-0.4, -0.2) is 30.3 Å². The third-order valence-electron chi connectivity index (χ3n) is 5.43. The monoisotopic (exact) mass is 421 g/mol. The number of nitrogens with one attached hydrogen (secondary N) is 1. The number of hydrogen-bond acceptors (Lipinski definition) is 4. The molecule has 1 aliphatic heterocycles. The van der Waals surface area contributed by atoms with Crippen LogP contribution in [0.1, 0.15) is 24.0 Å². The summed E-state index contributed by atoms with van der Waals surface area (Å²) in [4.78, 5) is 11.3. The summed E-state index contributed by atoms with van der Waals surface area (Å²) in [6, 6.07) is 11.2. The van der Waals surface area contributed by atoms with Crippen molar-refractivity contribution in [1.29, 1.82) is 0 Å². The van der Waals surface area contributed by atoms with Crippen LogP contribution >= 0.6 is 23.2 Å². The zero-order valence-electron chi connectivity index (χ0n) is 15.2. The molecular formula is C21H21Cl2NO4. The molecule has 2 aromatic carbocycles. The molecule has 1 saturated carbocycles. The fourth-order valence-electron chi connectivity index (χ4n) is 3.36. The molecule has 28 heavy (non-hydrogen) atoms. The van der Waals surface area contributed by atoms with Gasteiger partial charge in [-0.1, -0.05) is 35.3 Å². The molecule has 1 unspecified atom stereocenters. The van der Waals surface area contributed by atoms with Crippen LogP contribution in [0.4, 0.5) is 0 Å². The minimum absolute atomic E-state index is 0.109. The molecule has 1 heterocycles. The number of carboxylic acid groups (broad SMARTS) is 1. The Morgan fingerprint density at radius 2 is 2.00 bits per heavy atom. The van der Waals surface area contributed by atoms with Gasteiger partial charge in [0.05, 0.1) is 5.41 Å². The summed E-state index contributed by atoms with van der Waals surface area (Å²) < 4.78 is 11.7. The van der Waals surface area contributed by atoms with Crippen molar-refractivity contribution in [3.05, 3.63) is 57.6 Å². The van der Waals surface area contributed by atoms with E-state index in [1.807, 2.05) is 18.2 Å². The van der Waals surface area contributed by atoms with Crippen LogP contribution in [0.2, 0.25) is 10.0 Å². The highest BCUT2D eigenvalue weighted by atomic mass is 35.5. The number of aliphatic carboxylic acids is 1. The zero-order chi connectivity index (χ0) is 19.7. The summed E-state index contributed by atoms with van der Waals surface area (Å²) >= 11 is 12.4. The van der Waals surface area contributed by atoms with Crippen LogP contribution in [0.5, 0.6) is 11.5 Å². The molecule has 148 valence electrons. The first-order valence-electron chi connectivity index (χ1n) is 9.25. The van der Waals surface area contributed by atoms with Gasteiger partial charge >= 0.3 is 5.97 Å². The molecule has 4 rings (SSSR count). The standard InChI is InChI=1S/C21H21Cl2NO4/c22-17-2-1-3-18(23)16(17)11-27-15-5-4-13-8-14(10-28-19(13)9-15)24-12-21(6-7-21)20(25)26/h1-5,9,14,24H,6-8,10-12H2,(H,25,26). The van der Waals surface area contributed by atoms with Crippen molar-refractivity contribution in [2.75, 3.05) is 13.2 Å². The number of rotatable bonds is 7. The fourth-order valence-corrected chi connectivity index (χ4v) is 3.86. The smallest absolute Gasteiger partial charge is 0.310 e. The van der Waals surface area contributed by atoms with Crippen LogP contribution in [0.3, 0.4) is 0 Å². The lowest BCUT2D eigenvalue weighted by atomic mass is 10.0. The van der Waals surface area contributed by atoms with Gasteiger partial charge in [-0.25, -0.2) is 0 Å². The number of carbonyl (C=O) groups is 1. The summed E-state index contributed by atoms with van der Waals surface area (Å²) in [5.41, 5.74) is 1.26. The van der Waals surface area contributed by atoms with E-state index in [1.165, 1.54) is 0 Å². The van der Waals surface area contributed by atoms with Crippen molar-refractivity contribution >= 4 is 29.2 Å². The van der Waals surface area contributed by atoms with Crippen LogP contribution in [-0.2, 0) is 17.8 Å². The third-order valence-corrected chi connectivity index (χ3v) is 6.13. The second-order valence-electron chi connectivity index (χ2n) is 7.44. The molecule has 1 aliphatic carbocycles. The lowest BCUT2D eigenvalue weighted by Gasteiger charge is -2.27. The Balaban J connectivity index is 1.36. The van der Waals surface area contributed by atoms with Crippen molar-refractivity contribution < 1.29 is 19.4 Å². The SMILES string of the molecule is O=C(O)C1(CNC2COc3cc(OCc4c(Cl)cccc4Cl)ccc3C2)CC1. The second-order valence-corrected chi connectivity index (χ2v) is 8.25. The Bertz CT molecular complexity index is 878. The first-order valence-corrected chi connectivity index (χ1v) is 10.0. The number of benzene rings is 2. The molecule has 2 N–H and O–H groups in total. The predicted octanol–water partition coefficient (Wildman–Crippen LogP) is 4.33. The Labute approximate surface area is 173 Å². The van der Waals surface area contributed by atoms with Crippen LogP contribution in [0.15, 0.2) is 36.4 Å². The summed E-state index contributed by atoms with van der Waals surface area (Å²) in [5.74, 6) is 0.765. The van der Waals surface area contributed by atoms with Gasteiger partial charge in [0, 0.05) is 34.3 Å². The Kier molecular flexibility index (Phi) is 5.41. The maximum Gasteiger partial charge on any atom is 0.310 e. The van der Waals surface area contributed by atoms with Crippen molar-refractivity contribution in [2.24, 2.45) is 5.41 Å². The number of carboxylic acids is 1. The Morgan fingerprint density at radius 3 is 2.68 bits per heavy atom. The van der Waals surface area contributed by atoms with E-state index in [9.17, 15) is 9.90 Å². The van der Waals surface area contributed by atoms with Gasteiger partial charge in [0.15, 0.2) is 0 Å². The van der Waals surface area contributed by atoms with Gasteiger partial charge in [-0.15, -0.1) is 0 Å². The van der Waals surface area contributed by atoms with E-state index in [-0.39, 0.29) is 12.6 Å². The Hall–Kier alpha value is -1.95. The predicted molar refractivity (Wildman–Crippen MR) is 108 cm³/mol. The average molecular weight is 422 g/mol. The van der Waals surface area contributed by atoms with E-state index in [4.69, 9.17) is 32.7 Å². The minimum Gasteiger partial charge on any atom is -0.492 e. The van der Waals surface area contributed by atoms with Gasteiger partial charge in [-0.3, -0.25) is 4.79 Å². The topological polar surface area (TPSA) is 67.8 Å². The molecule has 2 aliphatic rings. The van der Waals surface area contributed by atoms with Crippen molar-refractivity contribution in [2.45, 2.75) is 31.9 Å². The molecule has 0 amide bonds. The van der Waals surface area contributed by atoms with Gasteiger partial charge in [-0.2, -0.15) is 0 Å². The first kappa shape index (κ1) is 19.4. The number of ether oxygens (including phenoxy) is 2. The molecule has 1 atom stereocenters. The first-order chi connectivity index (χ1) is 13.5. The maximum atomic E-state index is 11.3. The molecule has 0 saturated heterocycles. The third kappa shape index (κ3) is 4.07. The minimum atomic E-state index is -0.711. The molecule has 0 radical (unpaired) electrons. The van der Waals surface area contributed by atoms with Crippen LogP contribution in [0, 0.1) is 5.41 Å². The van der Waals surface area contributed by atoms with E-state index >= 15 is 0 Å². The van der Waals surface area contributed by atoms with Crippen molar-refractivity contribution in [3.8, 4) is 11.5 Å². The number of halogens is 2. The highest BCUT2D eigenvalue weighted by Gasteiger charge is 2.50. The molecule has 1 fully saturated rings. The number of fused-ring (bicyclic) bond motifs is 1. The zero-order valence-corrected chi connectivity index (χ0v) is 16.7. The van der Waals surface area contributed by atoms with E-state index in [0.717, 1.165) is 36.1 Å². The molecule has 2 aromatic rings. The summed E-state index contributed by atoms with van der Waals surface area (Å²) in [6.45, 7) is 1.27. The number of hydrogen-bond donors (Lipinski definition) is 2. The lowest BCUT2D eigenvalue weighted by Crippen LogP contribution is -2.43. The molecule has 0 spiro atoms. The highest BCUT2D eigenvalue weighted by molar-refractivity contribution is 6.35. The van der Waals surface area contributed by atoms with E-state index in [1.54, 1.807) is 18.2 Å². The summed E-state index contributed by atoms with van der Waals surface area (Å²) in [6.07, 6.45) is 2.28. The van der Waals surface area contributed by atoms with E-state index in [0.29, 0.717) is 28.9 Å². The van der Waals surface area contributed by atoms with Gasteiger partial charge in [0.25, 0.3) is 0 Å². The quantitative estimate of drug-likeness (QED) is 0.695. The van der Waals surface area contributed by atoms with Gasteiger partial charge in [0.1, 0.15) is 24.7 Å². The molecule has 7 heteroatoms. The molecule has 0 aromatic heterocycles. The molecular weight excluding hydrogens is 401 g/mol. The highest BCUT2D eigenvalue weighted by Crippen LogP contribution is 2.45. The van der Waals surface area contributed by atoms with E-state index in [2.05, 4.69) is 5.32 Å². The fraction of sp³-hybridized carbons (Fsp3) is 0.381. The van der Waals surface area contributed by atoms with Gasteiger partial charge in [-0.05, 0) is 43.0 Å².